The van der Waals surface area contributed by atoms with Gasteiger partial charge in [-0.2, -0.15) is 10.1 Å². The van der Waals surface area contributed by atoms with E-state index >= 15 is 4.39 Å². The molecule has 5 aromatic rings. The van der Waals surface area contributed by atoms with Gasteiger partial charge in [0.15, 0.2) is 11.4 Å². The lowest BCUT2D eigenvalue weighted by Crippen LogP contribution is -2.44. The number of amides is 2. The Morgan fingerprint density at radius 1 is 0.844 bits per heavy atom. The van der Waals surface area contributed by atoms with Crippen molar-refractivity contribution in [1.29, 1.82) is 0 Å². The number of pyridine rings is 1. The molecule has 0 saturated heterocycles. The van der Waals surface area contributed by atoms with Crippen LogP contribution in [0.5, 0.6) is 0 Å². The summed E-state index contributed by atoms with van der Waals surface area (Å²) < 4.78 is 29.6. The number of carbonyl (C=O) groups is 3. The Bertz CT molecular complexity index is 1860. The molecule has 0 radical (unpaired) electrons. The maximum atomic E-state index is 16.0. The van der Waals surface area contributed by atoms with Crippen LogP contribution in [-0.4, -0.2) is 53.6 Å². The number of hydrogen-bond donors (Lipinski definition) is 0. The molecule has 0 unspecified atom stereocenters. The molecule has 0 N–H and O–H groups in total. The van der Waals surface area contributed by atoms with Gasteiger partial charge in [0.05, 0.1) is 6.20 Å². The number of benzene rings is 2. The van der Waals surface area contributed by atoms with Gasteiger partial charge in [-0.25, -0.2) is 18.5 Å². The molecule has 0 spiro atoms. The standard InChI is InChI=1S/C33H33FN6O5/c1-32(2,3)44-30(42)40(31(43)45-33(4,5)6)29-36-27-17-22(15-16-39(27)37-29)24-13-10-14-25(28(24)34)23-18-35-38(19-23)20-26(41)21-11-8-7-9-12-21/h7-19H,20H2,1-6H3. The third-order valence-electron chi connectivity index (χ3n) is 6.33. The van der Waals surface area contributed by atoms with E-state index in [9.17, 15) is 14.4 Å². The quantitative estimate of drug-likeness (QED) is 0.189. The molecule has 0 bridgehead atoms. The first-order valence-electron chi connectivity index (χ1n) is 14.2. The third-order valence-corrected chi connectivity index (χ3v) is 6.33. The maximum absolute atomic E-state index is 16.0. The van der Waals surface area contributed by atoms with E-state index in [2.05, 4.69) is 15.2 Å². The Hall–Kier alpha value is -5.39. The first kappa shape index (κ1) is 31.0. The van der Waals surface area contributed by atoms with Gasteiger partial charge in [-0.1, -0.05) is 48.5 Å². The van der Waals surface area contributed by atoms with Crippen molar-refractivity contribution < 1.29 is 28.2 Å². The number of ether oxygens (including phenoxy) is 2. The summed E-state index contributed by atoms with van der Waals surface area (Å²) >= 11 is 0. The number of nitrogens with zero attached hydrogens (tertiary/aromatic N) is 6. The second-order valence-corrected chi connectivity index (χ2v) is 12.3. The summed E-state index contributed by atoms with van der Waals surface area (Å²) in [7, 11) is 0. The molecule has 0 aliphatic rings. The van der Waals surface area contributed by atoms with E-state index in [1.165, 1.54) is 15.4 Å². The average Bonchev–Trinajstić information content (AvgIpc) is 3.58. The van der Waals surface area contributed by atoms with E-state index < -0.39 is 29.2 Å². The van der Waals surface area contributed by atoms with E-state index in [1.54, 1.807) is 109 Å². The minimum atomic E-state index is -1.00. The number of aromatic nitrogens is 5. The predicted molar refractivity (Wildman–Crippen MR) is 165 cm³/mol. The van der Waals surface area contributed by atoms with Crippen molar-refractivity contribution in [1.82, 2.24) is 24.4 Å². The van der Waals surface area contributed by atoms with Crippen LogP contribution in [0.4, 0.5) is 19.9 Å². The molecule has 232 valence electrons. The zero-order valence-corrected chi connectivity index (χ0v) is 25.8. The van der Waals surface area contributed by atoms with E-state index in [-0.39, 0.29) is 29.5 Å². The number of fused-ring (bicyclic) bond motifs is 1. The maximum Gasteiger partial charge on any atom is 0.427 e. The van der Waals surface area contributed by atoms with E-state index in [0.717, 1.165) is 0 Å². The summed E-state index contributed by atoms with van der Waals surface area (Å²) in [5, 5.41) is 8.54. The first-order valence-corrected chi connectivity index (χ1v) is 14.2. The summed E-state index contributed by atoms with van der Waals surface area (Å²) in [6, 6.07) is 17.1. The van der Waals surface area contributed by atoms with Crippen molar-refractivity contribution in [2.24, 2.45) is 0 Å². The van der Waals surface area contributed by atoms with Crippen LogP contribution in [0.25, 0.3) is 27.9 Å². The average molecular weight is 613 g/mol. The second kappa shape index (κ2) is 11.9. The highest BCUT2D eigenvalue weighted by molar-refractivity contribution is 6.08. The molecule has 0 fully saturated rings. The molecule has 0 atom stereocenters. The number of anilines is 1. The molecular weight excluding hydrogens is 579 g/mol. The Balaban J connectivity index is 1.44. The van der Waals surface area contributed by atoms with Crippen LogP contribution in [0.2, 0.25) is 0 Å². The number of Topliss-reactive ketones (excluding diaryl/α,β-unsaturated/α-hetero) is 1. The molecule has 0 saturated carbocycles. The fraction of sp³-hybridized carbons (Fsp3) is 0.273. The lowest BCUT2D eigenvalue weighted by molar-refractivity contribution is 0.0427. The minimum Gasteiger partial charge on any atom is -0.443 e. The zero-order valence-electron chi connectivity index (χ0n) is 25.8. The molecule has 3 heterocycles. The van der Waals surface area contributed by atoms with E-state index in [0.29, 0.717) is 27.2 Å². The molecule has 0 aliphatic carbocycles. The van der Waals surface area contributed by atoms with Crippen molar-refractivity contribution >= 4 is 29.6 Å². The van der Waals surface area contributed by atoms with Gasteiger partial charge in [-0.05, 0) is 59.2 Å². The van der Waals surface area contributed by atoms with Crippen LogP contribution in [0.3, 0.4) is 0 Å². The van der Waals surface area contributed by atoms with Crippen LogP contribution in [-0.2, 0) is 16.0 Å². The molecule has 2 amide bonds. The minimum absolute atomic E-state index is 0.0147. The third kappa shape index (κ3) is 7.23. The van der Waals surface area contributed by atoms with Crippen LogP contribution in [0.1, 0.15) is 51.9 Å². The van der Waals surface area contributed by atoms with Gasteiger partial charge in [0.2, 0.25) is 0 Å². The Kier molecular flexibility index (Phi) is 8.24. The Morgan fingerprint density at radius 2 is 1.47 bits per heavy atom. The number of ketones is 1. The number of halogens is 1. The topological polar surface area (TPSA) is 121 Å². The number of rotatable bonds is 6. The summed E-state index contributed by atoms with van der Waals surface area (Å²) in [6.45, 7) is 10.0. The highest BCUT2D eigenvalue weighted by Crippen LogP contribution is 2.32. The predicted octanol–water partition coefficient (Wildman–Crippen LogP) is 6.96. The highest BCUT2D eigenvalue weighted by atomic mass is 19.1. The van der Waals surface area contributed by atoms with Gasteiger partial charge in [0.25, 0.3) is 5.95 Å². The van der Waals surface area contributed by atoms with Gasteiger partial charge in [0.1, 0.15) is 23.6 Å². The summed E-state index contributed by atoms with van der Waals surface area (Å²) in [5.74, 6) is -0.876. The van der Waals surface area contributed by atoms with Gasteiger partial charge in [-0.3, -0.25) is 9.48 Å². The van der Waals surface area contributed by atoms with Crippen molar-refractivity contribution in [3.8, 4) is 22.3 Å². The molecule has 2 aromatic carbocycles. The van der Waals surface area contributed by atoms with Crippen molar-refractivity contribution in [3.63, 3.8) is 0 Å². The lowest BCUT2D eigenvalue weighted by atomic mass is 10.0. The normalized spacial score (nSPS) is 11.8. The van der Waals surface area contributed by atoms with Gasteiger partial charge >= 0.3 is 12.2 Å². The molecule has 11 nitrogen and oxygen atoms in total. The lowest BCUT2D eigenvalue weighted by Gasteiger charge is -2.26. The van der Waals surface area contributed by atoms with Gasteiger partial charge < -0.3 is 9.47 Å². The van der Waals surface area contributed by atoms with E-state index in [1.807, 2.05) is 6.07 Å². The SMILES string of the molecule is CC(C)(C)OC(=O)N(C(=O)OC(C)(C)C)c1nc2cc(-c3cccc(-c4cnn(CC(=O)c5ccccc5)c4)c3F)ccn2n1. The van der Waals surface area contributed by atoms with Crippen molar-refractivity contribution in [2.75, 3.05) is 4.90 Å². The van der Waals surface area contributed by atoms with Crippen LogP contribution < -0.4 is 4.90 Å². The summed E-state index contributed by atoms with van der Waals surface area (Å²) in [6.07, 6.45) is 2.67. The Labute approximate surface area is 259 Å². The van der Waals surface area contributed by atoms with Crippen LogP contribution in [0.15, 0.2) is 79.3 Å². The van der Waals surface area contributed by atoms with Crippen molar-refractivity contribution in [3.05, 3.63) is 90.6 Å². The first-order chi connectivity index (χ1) is 21.2. The largest absolute Gasteiger partial charge is 0.443 e. The smallest absolute Gasteiger partial charge is 0.427 e. The van der Waals surface area contributed by atoms with Crippen LogP contribution >= 0.6 is 0 Å². The zero-order chi connectivity index (χ0) is 32.5. The molecule has 5 rings (SSSR count). The van der Waals surface area contributed by atoms with Gasteiger partial charge in [-0.15, -0.1) is 10.00 Å². The molecular formula is C33H33FN6O5. The fourth-order valence-electron chi connectivity index (χ4n) is 4.41. The number of imide groups is 1. The highest BCUT2D eigenvalue weighted by Gasteiger charge is 2.35. The summed E-state index contributed by atoms with van der Waals surface area (Å²) in [4.78, 5) is 43.7. The van der Waals surface area contributed by atoms with Gasteiger partial charge in [0, 0.05) is 34.6 Å². The Morgan fingerprint density at radius 3 is 2.09 bits per heavy atom. The van der Waals surface area contributed by atoms with E-state index in [4.69, 9.17) is 9.47 Å². The number of carbonyl (C=O) groups excluding carboxylic acids is 3. The summed E-state index contributed by atoms with van der Waals surface area (Å²) in [5.41, 5.74) is 0.574. The monoisotopic (exact) mass is 612 g/mol. The molecule has 12 heteroatoms. The molecule has 3 aromatic heterocycles. The molecule has 0 aliphatic heterocycles. The number of hydrogen-bond acceptors (Lipinski definition) is 8. The van der Waals surface area contributed by atoms with Crippen molar-refractivity contribution in [2.45, 2.75) is 59.3 Å². The molecule has 45 heavy (non-hydrogen) atoms. The second-order valence-electron chi connectivity index (χ2n) is 12.3. The van der Waals surface area contributed by atoms with Crippen LogP contribution in [0, 0.1) is 5.82 Å². The fourth-order valence-corrected chi connectivity index (χ4v) is 4.41.